The van der Waals surface area contributed by atoms with E-state index < -0.39 is 0 Å². The lowest BCUT2D eigenvalue weighted by atomic mass is 10.1. The van der Waals surface area contributed by atoms with Crippen LogP contribution in [0.25, 0.3) is 0 Å². The molecule has 22 heavy (non-hydrogen) atoms. The summed E-state index contributed by atoms with van der Waals surface area (Å²) in [5.41, 5.74) is 4.38. The lowest BCUT2D eigenvalue weighted by molar-refractivity contribution is 0.616. The number of guanidine groups is 1. The highest BCUT2D eigenvalue weighted by molar-refractivity contribution is 7.09. The Balaban J connectivity index is 2.00. The molecule has 0 unspecified atom stereocenters. The second-order valence-corrected chi connectivity index (χ2v) is 5.93. The van der Waals surface area contributed by atoms with Gasteiger partial charge in [-0.3, -0.25) is 0 Å². The maximum Gasteiger partial charge on any atom is 0.191 e. The van der Waals surface area contributed by atoms with Crippen LogP contribution in [0, 0.1) is 19.7 Å². The summed E-state index contributed by atoms with van der Waals surface area (Å²) in [6.07, 6.45) is 0. The first-order chi connectivity index (χ1) is 10.6. The topological polar surface area (TPSA) is 49.3 Å². The van der Waals surface area contributed by atoms with Crippen molar-refractivity contribution < 1.29 is 4.39 Å². The van der Waals surface area contributed by atoms with Gasteiger partial charge in [0.15, 0.2) is 5.96 Å². The van der Waals surface area contributed by atoms with Crippen molar-refractivity contribution in [2.24, 2.45) is 4.99 Å². The van der Waals surface area contributed by atoms with E-state index in [0.717, 1.165) is 23.8 Å². The predicted octanol–water partition coefficient (Wildman–Crippen LogP) is 3.15. The van der Waals surface area contributed by atoms with Crippen molar-refractivity contribution in [3.8, 4) is 0 Å². The minimum atomic E-state index is -0.189. The zero-order valence-electron chi connectivity index (χ0n) is 13.1. The van der Waals surface area contributed by atoms with E-state index in [2.05, 4.69) is 20.6 Å². The van der Waals surface area contributed by atoms with Crippen molar-refractivity contribution in [1.29, 1.82) is 0 Å². The van der Waals surface area contributed by atoms with Crippen LogP contribution in [0.5, 0.6) is 0 Å². The predicted molar refractivity (Wildman–Crippen MR) is 89.6 cm³/mol. The molecule has 0 atom stereocenters. The summed E-state index contributed by atoms with van der Waals surface area (Å²) in [5.74, 6) is 0.530. The highest BCUT2D eigenvalue weighted by atomic mass is 32.1. The van der Waals surface area contributed by atoms with Gasteiger partial charge >= 0.3 is 0 Å². The Morgan fingerprint density at radius 3 is 2.77 bits per heavy atom. The number of nitrogens with zero attached hydrogens (tertiary/aromatic N) is 2. The largest absolute Gasteiger partial charge is 0.357 e. The lowest BCUT2D eigenvalue weighted by Crippen LogP contribution is -2.36. The molecule has 0 saturated heterocycles. The minimum absolute atomic E-state index is 0.189. The molecule has 118 valence electrons. The zero-order valence-corrected chi connectivity index (χ0v) is 13.9. The van der Waals surface area contributed by atoms with E-state index in [4.69, 9.17) is 0 Å². The maximum absolute atomic E-state index is 13.5. The number of hydrogen-bond acceptors (Lipinski definition) is 3. The fourth-order valence-corrected chi connectivity index (χ4v) is 2.62. The number of halogens is 1. The Morgan fingerprint density at radius 2 is 2.14 bits per heavy atom. The van der Waals surface area contributed by atoms with Crippen molar-refractivity contribution in [2.45, 2.75) is 33.9 Å². The van der Waals surface area contributed by atoms with Crippen molar-refractivity contribution >= 4 is 17.3 Å². The Labute approximate surface area is 134 Å². The number of aryl methyl sites for hydroxylation is 2. The minimum Gasteiger partial charge on any atom is -0.357 e. The molecule has 0 bridgehead atoms. The van der Waals surface area contributed by atoms with E-state index in [0.29, 0.717) is 18.7 Å². The normalized spacial score (nSPS) is 11.5. The van der Waals surface area contributed by atoms with Crippen LogP contribution in [0.2, 0.25) is 0 Å². The fraction of sp³-hybridized carbons (Fsp3) is 0.375. The average Bonchev–Trinajstić information content (AvgIpc) is 2.91. The molecule has 0 saturated carbocycles. The number of benzene rings is 1. The number of nitrogens with one attached hydrogen (secondary N) is 2. The van der Waals surface area contributed by atoms with Crippen LogP contribution in [-0.2, 0) is 13.1 Å². The quantitative estimate of drug-likeness (QED) is 0.657. The van der Waals surface area contributed by atoms with Gasteiger partial charge in [0.2, 0.25) is 0 Å². The molecule has 1 heterocycles. The molecular formula is C16H21FN4S. The van der Waals surface area contributed by atoms with E-state index in [9.17, 15) is 4.39 Å². The third-order valence-corrected chi connectivity index (χ3v) is 4.20. The molecule has 2 aromatic rings. The van der Waals surface area contributed by atoms with Crippen LogP contribution in [0.15, 0.2) is 28.7 Å². The summed E-state index contributed by atoms with van der Waals surface area (Å²) in [5, 5.41) is 6.47. The SMILES string of the molecule is CCNC(=NCc1ccc(C)c(F)c1)NCc1scnc1C. The van der Waals surface area contributed by atoms with Crippen LogP contribution in [0.4, 0.5) is 4.39 Å². The Bertz CT molecular complexity index is 651. The van der Waals surface area contributed by atoms with Crippen molar-refractivity contribution in [2.75, 3.05) is 6.54 Å². The van der Waals surface area contributed by atoms with Gasteiger partial charge in [0.05, 0.1) is 24.3 Å². The second-order valence-electron chi connectivity index (χ2n) is 4.99. The summed E-state index contributed by atoms with van der Waals surface area (Å²) < 4.78 is 13.5. The molecule has 4 nitrogen and oxygen atoms in total. The summed E-state index contributed by atoms with van der Waals surface area (Å²) in [4.78, 5) is 9.91. The van der Waals surface area contributed by atoms with Gasteiger partial charge in [-0.15, -0.1) is 11.3 Å². The Kier molecular flexibility index (Phi) is 5.89. The number of thiazole rings is 1. The van der Waals surface area contributed by atoms with Gasteiger partial charge in [0.25, 0.3) is 0 Å². The summed E-state index contributed by atoms with van der Waals surface area (Å²) >= 11 is 1.62. The van der Waals surface area contributed by atoms with Gasteiger partial charge in [0, 0.05) is 11.4 Å². The number of aliphatic imine (C=N–C) groups is 1. The molecule has 0 aliphatic carbocycles. The highest BCUT2D eigenvalue weighted by Crippen LogP contribution is 2.12. The van der Waals surface area contributed by atoms with E-state index in [1.165, 1.54) is 10.9 Å². The first-order valence-electron chi connectivity index (χ1n) is 7.26. The van der Waals surface area contributed by atoms with E-state index in [1.54, 1.807) is 24.3 Å². The summed E-state index contributed by atoms with van der Waals surface area (Å²) in [7, 11) is 0. The van der Waals surface area contributed by atoms with E-state index >= 15 is 0 Å². The van der Waals surface area contributed by atoms with Gasteiger partial charge in [-0.1, -0.05) is 12.1 Å². The fourth-order valence-electron chi connectivity index (χ4n) is 1.91. The van der Waals surface area contributed by atoms with Crippen molar-refractivity contribution in [3.05, 3.63) is 51.2 Å². The molecule has 2 N–H and O–H groups in total. The smallest absolute Gasteiger partial charge is 0.191 e. The van der Waals surface area contributed by atoms with Crippen LogP contribution in [0.1, 0.15) is 28.6 Å². The first kappa shape index (κ1) is 16.4. The van der Waals surface area contributed by atoms with Gasteiger partial charge in [-0.05, 0) is 38.0 Å². The lowest BCUT2D eigenvalue weighted by Gasteiger charge is -2.11. The van der Waals surface area contributed by atoms with Gasteiger partial charge < -0.3 is 10.6 Å². The molecule has 0 aliphatic heterocycles. The monoisotopic (exact) mass is 320 g/mol. The van der Waals surface area contributed by atoms with Crippen LogP contribution < -0.4 is 10.6 Å². The maximum atomic E-state index is 13.5. The molecule has 0 aliphatic rings. The Morgan fingerprint density at radius 1 is 1.32 bits per heavy atom. The number of hydrogen-bond donors (Lipinski definition) is 2. The molecule has 1 aromatic heterocycles. The number of aromatic nitrogens is 1. The van der Waals surface area contributed by atoms with E-state index in [-0.39, 0.29) is 5.82 Å². The molecule has 6 heteroatoms. The van der Waals surface area contributed by atoms with Gasteiger partial charge in [-0.25, -0.2) is 14.4 Å². The summed E-state index contributed by atoms with van der Waals surface area (Å²) in [6, 6.07) is 5.22. The average molecular weight is 320 g/mol. The van der Waals surface area contributed by atoms with Crippen molar-refractivity contribution in [3.63, 3.8) is 0 Å². The number of rotatable bonds is 5. The molecule has 0 radical (unpaired) electrons. The molecular weight excluding hydrogens is 299 g/mol. The van der Waals surface area contributed by atoms with Gasteiger partial charge in [0.1, 0.15) is 5.82 Å². The molecule has 0 amide bonds. The zero-order chi connectivity index (χ0) is 15.9. The molecule has 2 rings (SSSR count). The van der Waals surface area contributed by atoms with E-state index in [1.807, 2.05) is 25.4 Å². The van der Waals surface area contributed by atoms with Crippen LogP contribution in [0.3, 0.4) is 0 Å². The molecule has 1 aromatic carbocycles. The van der Waals surface area contributed by atoms with Gasteiger partial charge in [-0.2, -0.15) is 0 Å². The third-order valence-electron chi connectivity index (χ3n) is 3.26. The summed E-state index contributed by atoms with van der Waals surface area (Å²) in [6.45, 7) is 7.66. The Hall–Kier alpha value is -1.95. The molecule has 0 fully saturated rings. The second kappa shape index (κ2) is 7.89. The first-order valence-corrected chi connectivity index (χ1v) is 8.14. The standard InChI is InChI=1S/C16H21FN4S/c1-4-18-16(20-9-15-12(3)21-10-22-15)19-8-13-6-5-11(2)14(17)7-13/h5-7,10H,4,8-9H2,1-3H3,(H2,18,19,20). The highest BCUT2D eigenvalue weighted by Gasteiger charge is 2.04. The third kappa shape index (κ3) is 4.53. The van der Waals surface area contributed by atoms with Crippen LogP contribution >= 0.6 is 11.3 Å². The van der Waals surface area contributed by atoms with Crippen molar-refractivity contribution in [1.82, 2.24) is 15.6 Å². The molecule has 0 spiro atoms. The van der Waals surface area contributed by atoms with Crippen LogP contribution in [-0.4, -0.2) is 17.5 Å².